The van der Waals surface area contributed by atoms with E-state index in [1.807, 2.05) is 24.2 Å². The third-order valence-electron chi connectivity index (χ3n) is 3.86. The first-order valence-electron chi connectivity index (χ1n) is 7.40. The Labute approximate surface area is 120 Å². The molecule has 3 atom stereocenters. The molecule has 0 bridgehead atoms. The summed E-state index contributed by atoms with van der Waals surface area (Å²) in [6, 6.07) is 0.223. The van der Waals surface area contributed by atoms with Crippen molar-refractivity contribution in [2.75, 3.05) is 0 Å². The standard InChI is InChI=1S/C15H25N3S/c1-3-13(16)8-12-9-17-15(18-10-12)19-14-6-4-5-11(2)7-14/h9-11,13-14H,3-8,16H2,1-2H3. The SMILES string of the molecule is CCC(N)Cc1cnc(SC2CCCC(C)C2)nc1. The van der Waals surface area contributed by atoms with E-state index < -0.39 is 0 Å². The van der Waals surface area contributed by atoms with Gasteiger partial charge in [0.05, 0.1) is 0 Å². The molecular weight excluding hydrogens is 254 g/mol. The van der Waals surface area contributed by atoms with Gasteiger partial charge in [-0.3, -0.25) is 0 Å². The number of thioether (sulfide) groups is 1. The van der Waals surface area contributed by atoms with Crippen molar-refractivity contribution in [1.82, 2.24) is 9.97 Å². The minimum atomic E-state index is 0.223. The first-order chi connectivity index (χ1) is 9.17. The van der Waals surface area contributed by atoms with Gasteiger partial charge in [-0.2, -0.15) is 0 Å². The van der Waals surface area contributed by atoms with Crippen LogP contribution in [0.25, 0.3) is 0 Å². The second-order valence-corrected chi connectivity index (χ2v) is 7.03. The lowest BCUT2D eigenvalue weighted by molar-refractivity contribution is 0.394. The third-order valence-corrected chi connectivity index (χ3v) is 5.05. The Morgan fingerprint density at radius 1 is 1.37 bits per heavy atom. The van der Waals surface area contributed by atoms with Crippen LogP contribution in [0, 0.1) is 5.92 Å². The van der Waals surface area contributed by atoms with Gasteiger partial charge in [0.1, 0.15) is 0 Å². The molecule has 2 rings (SSSR count). The average Bonchev–Trinajstić information content (AvgIpc) is 2.41. The van der Waals surface area contributed by atoms with Gasteiger partial charge in [-0.25, -0.2) is 9.97 Å². The van der Waals surface area contributed by atoms with Gasteiger partial charge < -0.3 is 5.73 Å². The summed E-state index contributed by atoms with van der Waals surface area (Å²) in [4.78, 5) is 8.96. The summed E-state index contributed by atoms with van der Waals surface area (Å²) in [7, 11) is 0. The van der Waals surface area contributed by atoms with Crippen molar-refractivity contribution in [2.45, 2.75) is 68.8 Å². The molecule has 0 aromatic carbocycles. The third kappa shape index (κ3) is 4.77. The summed E-state index contributed by atoms with van der Waals surface area (Å²) >= 11 is 1.85. The van der Waals surface area contributed by atoms with Gasteiger partial charge in [0.2, 0.25) is 0 Å². The van der Waals surface area contributed by atoms with E-state index in [0.717, 1.165) is 29.5 Å². The van der Waals surface area contributed by atoms with Gasteiger partial charge in [-0.15, -0.1) is 0 Å². The van der Waals surface area contributed by atoms with E-state index >= 15 is 0 Å². The van der Waals surface area contributed by atoms with E-state index in [9.17, 15) is 0 Å². The topological polar surface area (TPSA) is 51.8 Å². The van der Waals surface area contributed by atoms with Crippen molar-refractivity contribution in [1.29, 1.82) is 0 Å². The fraction of sp³-hybridized carbons (Fsp3) is 0.733. The summed E-state index contributed by atoms with van der Waals surface area (Å²) in [5.74, 6) is 0.855. The molecule has 1 heterocycles. The zero-order valence-corrected chi connectivity index (χ0v) is 12.8. The van der Waals surface area contributed by atoms with Crippen molar-refractivity contribution in [2.24, 2.45) is 11.7 Å². The molecule has 3 nitrogen and oxygen atoms in total. The zero-order valence-electron chi connectivity index (χ0n) is 12.0. The van der Waals surface area contributed by atoms with Crippen LogP contribution in [0.15, 0.2) is 17.6 Å². The molecule has 1 aromatic heterocycles. The molecule has 106 valence electrons. The average molecular weight is 279 g/mol. The van der Waals surface area contributed by atoms with Crippen LogP contribution in [0.2, 0.25) is 0 Å². The molecule has 19 heavy (non-hydrogen) atoms. The van der Waals surface area contributed by atoms with E-state index in [1.165, 1.54) is 25.7 Å². The van der Waals surface area contributed by atoms with Crippen LogP contribution >= 0.6 is 11.8 Å². The first kappa shape index (κ1) is 14.8. The fourth-order valence-electron chi connectivity index (χ4n) is 2.59. The van der Waals surface area contributed by atoms with Crippen LogP contribution < -0.4 is 5.73 Å². The van der Waals surface area contributed by atoms with E-state index in [-0.39, 0.29) is 6.04 Å². The number of aromatic nitrogens is 2. The van der Waals surface area contributed by atoms with Gasteiger partial charge in [0, 0.05) is 23.7 Å². The van der Waals surface area contributed by atoms with Crippen molar-refractivity contribution >= 4 is 11.8 Å². The van der Waals surface area contributed by atoms with Crippen molar-refractivity contribution in [3.63, 3.8) is 0 Å². The molecule has 4 heteroatoms. The van der Waals surface area contributed by atoms with Crippen molar-refractivity contribution < 1.29 is 0 Å². The number of nitrogens with zero attached hydrogens (tertiary/aromatic N) is 2. The van der Waals surface area contributed by atoms with Crippen LogP contribution in [0.5, 0.6) is 0 Å². The van der Waals surface area contributed by atoms with Crippen molar-refractivity contribution in [3.8, 4) is 0 Å². The smallest absolute Gasteiger partial charge is 0.187 e. The Balaban J connectivity index is 1.87. The summed E-state index contributed by atoms with van der Waals surface area (Å²) in [5, 5.41) is 1.63. The maximum Gasteiger partial charge on any atom is 0.187 e. The maximum atomic E-state index is 5.95. The highest BCUT2D eigenvalue weighted by Crippen LogP contribution is 2.34. The molecule has 1 aliphatic rings. The van der Waals surface area contributed by atoms with E-state index in [1.54, 1.807) is 0 Å². The van der Waals surface area contributed by atoms with Gasteiger partial charge in [-0.05, 0) is 37.2 Å². The maximum absolute atomic E-state index is 5.95. The fourth-order valence-corrected chi connectivity index (χ4v) is 3.83. The highest BCUT2D eigenvalue weighted by Gasteiger charge is 2.20. The quantitative estimate of drug-likeness (QED) is 0.839. The van der Waals surface area contributed by atoms with Crippen LogP contribution in [0.4, 0.5) is 0 Å². The van der Waals surface area contributed by atoms with Crippen LogP contribution in [0.1, 0.15) is 51.5 Å². The number of hydrogen-bond acceptors (Lipinski definition) is 4. The Bertz CT molecular complexity index is 379. The molecule has 3 unspecified atom stereocenters. The predicted molar refractivity (Wildman–Crippen MR) is 81.3 cm³/mol. The molecule has 1 aliphatic carbocycles. The summed E-state index contributed by atoms with van der Waals surface area (Å²) in [5.41, 5.74) is 7.10. The van der Waals surface area contributed by atoms with Crippen LogP contribution in [-0.2, 0) is 6.42 Å². The molecule has 1 aromatic rings. The number of hydrogen-bond donors (Lipinski definition) is 1. The lowest BCUT2D eigenvalue weighted by Crippen LogP contribution is -2.21. The Hall–Kier alpha value is -0.610. The summed E-state index contributed by atoms with van der Waals surface area (Å²) < 4.78 is 0. The van der Waals surface area contributed by atoms with E-state index in [2.05, 4.69) is 23.8 Å². The molecule has 2 N–H and O–H groups in total. The molecule has 0 saturated heterocycles. The van der Waals surface area contributed by atoms with E-state index in [0.29, 0.717) is 5.25 Å². The Kier molecular flexibility index (Phi) is 5.64. The molecule has 1 fully saturated rings. The zero-order chi connectivity index (χ0) is 13.7. The lowest BCUT2D eigenvalue weighted by Gasteiger charge is -2.25. The molecular formula is C15H25N3S. The summed E-state index contributed by atoms with van der Waals surface area (Å²) in [6.45, 7) is 4.46. The molecule has 1 saturated carbocycles. The Morgan fingerprint density at radius 2 is 2.11 bits per heavy atom. The van der Waals surface area contributed by atoms with Gasteiger partial charge in [-0.1, -0.05) is 38.5 Å². The Morgan fingerprint density at radius 3 is 2.74 bits per heavy atom. The second-order valence-electron chi connectivity index (χ2n) is 5.76. The van der Waals surface area contributed by atoms with E-state index in [4.69, 9.17) is 5.73 Å². The van der Waals surface area contributed by atoms with Gasteiger partial charge in [0.25, 0.3) is 0 Å². The predicted octanol–water partition coefficient (Wildman–Crippen LogP) is 3.43. The summed E-state index contributed by atoms with van der Waals surface area (Å²) in [6.07, 6.45) is 11.1. The monoisotopic (exact) mass is 279 g/mol. The van der Waals surface area contributed by atoms with Crippen molar-refractivity contribution in [3.05, 3.63) is 18.0 Å². The largest absolute Gasteiger partial charge is 0.327 e. The molecule has 0 spiro atoms. The van der Waals surface area contributed by atoms with Crippen LogP contribution in [0.3, 0.4) is 0 Å². The highest BCUT2D eigenvalue weighted by molar-refractivity contribution is 7.99. The molecule has 0 radical (unpaired) electrons. The highest BCUT2D eigenvalue weighted by atomic mass is 32.2. The van der Waals surface area contributed by atoms with Crippen LogP contribution in [-0.4, -0.2) is 21.3 Å². The number of rotatable bonds is 5. The lowest BCUT2D eigenvalue weighted by atomic mass is 9.91. The molecule has 0 amide bonds. The normalized spacial score (nSPS) is 25.2. The first-order valence-corrected chi connectivity index (χ1v) is 8.28. The minimum Gasteiger partial charge on any atom is -0.327 e. The molecule has 0 aliphatic heterocycles. The second kappa shape index (κ2) is 7.25. The number of nitrogens with two attached hydrogens (primary N) is 1. The van der Waals surface area contributed by atoms with Gasteiger partial charge in [0.15, 0.2) is 5.16 Å². The van der Waals surface area contributed by atoms with Gasteiger partial charge >= 0.3 is 0 Å². The minimum absolute atomic E-state index is 0.223.